The molecule has 4 nitrogen and oxygen atoms in total. The van der Waals surface area contributed by atoms with Crippen molar-refractivity contribution in [2.75, 3.05) is 12.4 Å². The van der Waals surface area contributed by atoms with Crippen LogP contribution in [0.4, 0.5) is 10.1 Å². The van der Waals surface area contributed by atoms with Gasteiger partial charge in [0.15, 0.2) is 11.6 Å². The van der Waals surface area contributed by atoms with E-state index >= 15 is 0 Å². The van der Waals surface area contributed by atoms with Crippen LogP contribution in [0.25, 0.3) is 0 Å². The van der Waals surface area contributed by atoms with E-state index in [0.717, 1.165) is 0 Å². The average molecular weight is 262 g/mol. The zero-order valence-corrected chi connectivity index (χ0v) is 10.9. The van der Waals surface area contributed by atoms with E-state index in [2.05, 4.69) is 11.4 Å². The summed E-state index contributed by atoms with van der Waals surface area (Å²) in [6.45, 7) is 2.00. The van der Waals surface area contributed by atoms with Gasteiger partial charge in [0, 0.05) is 11.8 Å². The molecule has 0 bridgehead atoms. The zero-order valence-electron chi connectivity index (χ0n) is 10.9. The summed E-state index contributed by atoms with van der Waals surface area (Å²) in [6, 6.07) is 6.16. The number of nitrogens with zero attached hydrogens (tertiary/aromatic N) is 1. The first-order valence-electron chi connectivity index (χ1n) is 6.07. The van der Waals surface area contributed by atoms with Crippen molar-refractivity contribution in [3.8, 4) is 11.8 Å². The highest BCUT2D eigenvalue weighted by molar-refractivity contribution is 5.98. The molecule has 1 saturated carbocycles. The number of amides is 1. The fourth-order valence-corrected chi connectivity index (χ4v) is 2.45. The Kier molecular flexibility index (Phi) is 3.43. The summed E-state index contributed by atoms with van der Waals surface area (Å²) in [5.41, 5.74) is -0.515. The third-order valence-electron chi connectivity index (χ3n) is 3.45. The Balaban J connectivity index is 2.13. The number of carbonyl (C=O) groups excluding carboxylic acids is 1. The van der Waals surface area contributed by atoms with Crippen molar-refractivity contribution in [1.29, 1.82) is 5.26 Å². The molecule has 0 spiro atoms. The van der Waals surface area contributed by atoms with E-state index in [1.807, 2.05) is 6.92 Å². The van der Waals surface area contributed by atoms with Crippen molar-refractivity contribution in [2.45, 2.75) is 19.8 Å². The molecule has 0 aromatic heterocycles. The molecule has 0 aliphatic heterocycles. The Morgan fingerprint density at radius 2 is 2.26 bits per heavy atom. The molecule has 1 aromatic rings. The smallest absolute Gasteiger partial charge is 0.244 e. The second-order valence-corrected chi connectivity index (χ2v) is 5.01. The maximum Gasteiger partial charge on any atom is 0.244 e. The Hall–Kier alpha value is -2.09. The standard InChI is InChI=1S/C14H15FN2O2/c1-9-6-14(7-9,8-16)13(18)17-10-3-4-11(15)12(5-10)19-2/h3-5,9H,6-7H2,1-2H3,(H,17,18). The molecule has 0 radical (unpaired) electrons. The quantitative estimate of drug-likeness (QED) is 0.911. The van der Waals surface area contributed by atoms with Gasteiger partial charge in [-0.15, -0.1) is 0 Å². The molecule has 1 aliphatic rings. The highest BCUT2D eigenvalue weighted by Gasteiger charge is 2.48. The molecular weight excluding hydrogens is 247 g/mol. The molecule has 2 rings (SSSR count). The largest absolute Gasteiger partial charge is 0.494 e. The fraction of sp³-hybridized carbons (Fsp3) is 0.429. The predicted molar refractivity (Wildman–Crippen MR) is 68.0 cm³/mol. The molecule has 1 N–H and O–H groups in total. The lowest BCUT2D eigenvalue weighted by molar-refractivity contribution is -0.128. The first kappa shape index (κ1) is 13.3. The van der Waals surface area contributed by atoms with Crippen molar-refractivity contribution >= 4 is 11.6 Å². The number of halogens is 1. The molecule has 0 unspecified atom stereocenters. The van der Waals surface area contributed by atoms with Crippen LogP contribution >= 0.6 is 0 Å². The van der Waals surface area contributed by atoms with Crippen LogP contribution in [0.5, 0.6) is 5.75 Å². The fourth-order valence-electron chi connectivity index (χ4n) is 2.45. The minimum Gasteiger partial charge on any atom is -0.494 e. The molecule has 1 aromatic carbocycles. The Morgan fingerprint density at radius 1 is 1.58 bits per heavy atom. The van der Waals surface area contributed by atoms with Crippen LogP contribution in [-0.4, -0.2) is 13.0 Å². The van der Waals surface area contributed by atoms with Crippen LogP contribution in [-0.2, 0) is 4.79 Å². The molecule has 1 amide bonds. The predicted octanol–water partition coefficient (Wildman–Crippen LogP) is 2.71. The molecule has 1 aliphatic carbocycles. The van der Waals surface area contributed by atoms with Gasteiger partial charge < -0.3 is 10.1 Å². The van der Waals surface area contributed by atoms with Crippen molar-refractivity contribution in [2.24, 2.45) is 11.3 Å². The minimum absolute atomic E-state index is 0.0609. The van der Waals surface area contributed by atoms with Crippen LogP contribution in [0.3, 0.4) is 0 Å². The lowest BCUT2D eigenvalue weighted by Crippen LogP contribution is -2.45. The number of benzene rings is 1. The maximum absolute atomic E-state index is 13.2. The second-order valence-electron chi connectivity index (χ2n) is 5.01. The van der Waals surface area contributed by atoms with Gasteiger partial charge >= 0.3 is 0 Å². The molecule has 0 atom stereocenters. The minimum atomic E-state index is -0.943. The Bertz CT molecular complexity index is 545. The lowest BCUT2D eigenvalue weighted by Gasteiger charge is -2.39. The second kappa shape index (κ2) is 4.88. The molecule has 5 heteroatoms. The summed E-state index contributed by atoms with van der Waals surface area (Å²) < 4.78 is 18.1. The van der Waals surface area contributed by atoms with Gasteiger partial charge in [-0.05, 0) is 30.9 Å². The molecule has 1 fully saturated rings. The van der Waals surface area contributed by atoms with Crippen LogP contribution in [0.2, 0.25) is 0 Å². The van der Waals surface area contributed by atoms with E-state index in [0.29, 0.717) is 24.4 Å². The summed E-state index contributed by atoms with van der Waals surface area (Å²) >= 11 is 0. The topological polar surface area (TPSA) is 62.1 Å². The highest BCUT2D eigenvalue weighted by atomic mass is 19.1. The average Bonchev–Trinajstić information content (AvgIpc) is 2.36. The van der Waals surface area contributed by atoms with E-state index < -0.39 is 11.2 Å². The first-order chi connectivity index (χ1) is 9.00. The number of nitrogens with one attached hydrogen (secondary N) is 1. The number of carbonyl (C=O) groups is 1. The van der Waals surface area contributed by atoms with Crippen LogP contribution in [0, 0.1) is 28.5 Å². The molecule has 100 valence electrons. The van der Waals surface area contributed by atoms with Gasteiger partial charge in [-0.1, -0.05) is 6.92 Å². The van der Waals surface area contributed by atoms with Crippen LogP contribution in [0.1, 0.15) is 19.8 Å². The normalized spacial score (nSPS) is 25.1. The van der Waals surface area contributed by atoms with Gasteiger partial charge in [0.25, 0.3) is 0 Å². The number of ether oxygens (including phenoxy) is 1. The van der Waals surface area contributed by atoms with Crippen LogP contribution < -0.4 is 10.1 Å². The SMILES string of the molecule is COc1cc(NC(=O)C2(C#N)CC(C)C2)ccc1F. The number of anilines is 1. The molecular formula is C14H15FN2O2. The summed E-state index contributed by atoms with van der Waals surface area (Å²) in [6.07, 6.45) is 1.13. The Morgan fingerprint density at radius 3 is 2.79 bits per heavy atom. The highest BCUT2D eigenvalue weighted by Crippen LogP contribution is 2.45. The van der Waals surface area contributed by atoms with Gasteiger partial charge in [0.1, 0.15) is 5.41 Å². The number of nitriles is 1. The van der Waals surface area contributed by atoms with Crippen LogP contribution in [0.15, 0.2) is 18.2 Å². The van der Waals surface area contributed by atoms with Gasteiger partial charge in [0.2, 0.25) is 5.91 Å². The lowest BCUT2D eigenvalue weighted by atomic mass is 9.63. The summed E-state index contributed by atoms with van der Waals surface area (Å²) in [5, 5.41) is 11.8. The van der Waals surface area contributed by atoms with E-state index in [4.69, 9.17) is 10.00 Å². The third kappa shape index (κ3) is 2.39. The van der Waals surface area contributed by atoms with Gasteiger partial charge in [-0.2, -0.15) is 5.26 Å². The first-order valence-corrected chi connectivity index (χ1v) is 6.07. The number of hydrogen-bond donors (Lipinski definition) is 1. The van der Waals surface area contributed by atoms with Gasteiger partial charge in [0.05, 0.1) is 13.2 Å². The summed E-state index contributed by atoms with van der Waals surface area (Å²) in [5.74, 6) is -0.381. The molecule has 19 heavy (non-hydrogen) atoms. The summed E-state index contributed by atoms with van der Waals surface area (Å²) in [7, 11) is 1.36. The van der Waals surface area contributed by atoms with Crippen molar-refractivity contribution < 1.29 is 13.9 Å². The Labute approximate surface area is 111 Å². The third-order valence-corrected chi connectivity index (χ3v) is 3.45. The van der Waals surface area contributed by atoms with E-state index in [9.17, 15) is 9.18 Å². The summed E-state index contributed by atoms with van der Waals surface area (Å²) in [4.78, 5) is 12.1. The van der Waals surface area contributed by atoms with Gasteiger partial charge in [-0.3, -0.25) is 4.79 Å². The number of hydrogen-bond acceptors (Lipinski definition) is 3. The monoisotopic (exact) mass is 262 g/mol. The maximum atomic E-state index is 13.2. The van der Waals surface area contributed by atoms with E-state index in [1.54, 1.807) is 0 Å². The van der Waals surface area contributed by atoms with Gasteiger partial charge in [-0.25, -0.2) is 4.39 Å². The van der Waals surface area contributed by atoms with Crippen molar-refractivity contribution in [1.82, 2.24) is 0 Å². The number of methoxy groups -OCH3 is 1. The zero-order chi connectivity index (χ0) is 14.0. The van der Waals surface area contributed by atoms with E-state index in [-0.39, 0.29) is 11.7 Å². The number of rotatable bonds is 3. The van der Waals surface area contributed by atoms with Crippen molar-refractivity contribution in [3.63, 3.8) is 0 Å². The molecule has 0 heterocycles. The van der Waals surface area contributed by atoms with E-state index in [1.165, 1.54) is 25.3 Å². The molecule has 0 saturated heterocycles. The van der Waals surface area contributed by atoms with Crippen molar-refractivity contribution in [3.05, 3.63) is 24.0 Å².